The number of amides is 1. The van der Waals surface area contributed by atoms with E-state index in [1.54, 1.807) is 24.3 Å². The number of nitrogens with one attached hydrogen (secondary N) is 2. The lowest BCUT2D eigenvalue weighted by atomic mass is 10.2. The molecule has 0 unspecified atom stereocenters. The first-order valence-corrected chi connectivity index (χ1v) is 7.64. The number of halogens is 2. The Hall–Kier alpha value is -3.04. The van der Waals surface area contributed by atoms with Gasteiger partial charge in [0.1, 0.15) is 23.2 Å². The van der Waals surface area contributed by atoms with E-state index in [-0.39, 0.29) is 17.9 Å². The van der Waals surface area contributed by atoms with Crippen LogP contribution in [0.2, 0.25) is 5.02 Å². The third kappa shape index (κ3) is 5.23. The maximum Gasteiger partial charge on any atom is 0.267 e. The molecule has 0 heterocycles. The van der Waals surface area contributed by atoms with Crippen LogP contribution in [0.5, 0.6) is 5.75 Å². The molecule has 2 aromatic rings. The van der Waals surface area contributed by atoms with Crippen LogP contribution in [0.3, 0.4) is 0 Å². The second kappa shape index (κ2) is 8.71. The van der Waals surface area contributed by atoms with Gasteiger partial charge in [0.05, 0.1) is 12.1 Å². The molecule has 7 heteroatoms. The number of hydrogen-bond acceptors (Lipinski definition) is 4. The van der Waals surface area contributed by atoms with Crippen LogP contribution in [0.4, 0.5) is 10.1 Å². The Kier molecular flexibility index (Phi) is 6.38. The number of rotatable bonds is 6. The summed E-state index contributed by atoms with van der Waals surface area (Å²) in [5.41, 5.74) is 1.00. The minimum atomic E-state index is -0.588. The Labute approximate surface area is 149 Å². The standard InChI is InChI=1S/C18H15ClFN3O2/c1-25-17-6-5-15(8-16(17)19)23-18(24)13(9-21)11-22-10-12-3-2-4-14(20)7-12/h2-8,11,22H,10H2,1H3,(H,23,24)/b13-11-. The summed E-state index contributed by atoms with van der Waals surface area (Å²) >= 11 is 5.99. The maximum absolute atomic E-state index is 13.1. The molecule has 2 aromatic carbocycles. The highest BCUT2D eigenvalue weighted by Gasteiger charge is 2.10. The minimum Gasteiger partial charge on any atom is -0.495 e. The molecule has 1 amide bonds. The molecule has 2 N–H and O–H groups in total. The fourth-order valence-electron chi connectivity index (χ4n) is 2.01. The number of nitriles is 1. The summed E-state index contributed by atoms with van der Waals surface area (Å²) < 4.78 is 18.1. The van der Waals surface area contributed by atoms with Crippen LogP contribution < -0.4 is 15.4 Å². The van der Waals surface area contributed by atoms with E-state index in [2.05, 4.69) is 10.6 Å². The van der Waals surface area contributed by atoms with Crippen molar-refractivity contribution in [3.8, 4) is 11.8 Å². The van der Waals surface area contributed by atoms with E-state index >= 15 is 0 Å². The molecular weight excluding hydrogens is 345 g/mol. The van der Waals surface area contributed by atoms with Gasteiger partial charge in [-0.05, 0) is 35.9 Å². The first kappa shape index (κ1) is 18.3. The summed E-state index contributed by atoms with van der Waals surface area (Å²) in [7, 11) is 1.49. The van der Waals surface area contributed by atoms with E-state index in [1.807, 2.05) is 6.07 Å². The van der Waals surface area contributed by atoms with Crippen molar-refractivity contribution in [2.45, 2.75) is 6.54 Å². The zero-order chi connectivity index (χ0) is 18.2. The van der Waals surface area contributed by atoms with Gasteiger partial charge in [-0.1, -0.05) is 23.7 Å². The number of benzene rings is 2. The van der Waals surface area contributed by atoms with E-state index in [4.69, 9.17) is 21.6 Å². The van der Waals surface area contributed by atoms with Crippen molar-refractivity contribution in [1.29, 1.82) is 5.26 Å². The number of carbonyl (C=O) groups excluding carboxylic acids is 1. The Morgan fingerprint density at radius 2 is 2.16 bits per heavy atom. The van der Waals surface area contributed by atoms with Gasteiger partial charge >= 0.3 is 0 Å². The zero-order valence-electron chi connectivity index (χ0n) is 13.3. The van der Waals surface area contributed by atoms with Gasteiger partial charge in [-0.15, -0.1) is 0 Å². The van der Waals surface area contributed by atoms with E-state index in [9.17, 15) is 9.18 Å². The first-order valence-electron chi connectivity index (χ1n) is 7.26. The van der Waals surface area contributed by atoms with Gasteiger partial charge in [0.15, 0.2) is 0 Å². The van der Waals surface area contributed by atoms with Crippen LogP contribution in [0.15, 0.2) is 54.2 Å². The maximum atomic E-state index is 13.1. The smallest absolute Gasteiger partial charge is 0.267 e. The molecule has 0 spiro atoms. The second-order valence-electron chi connectivity index (χ2n) is 4.98. The van der Waals surface area contributed by atoms with Gasteiger partial charge in [0.2, 0.25) is 0 Å². The van der Waals surface area contributed by atoms with Crippen molar-refractivity contribution < 1.29 is 13.9 Å². The van der Waals surface area contributed by atoms with Gasteiger partial charge in [-0.25, -0.2) is 4.39 Å². The van der Waals surface area contributed by atoms with Crippen LogP contribution in [0.1, 0.15) is 5.56 Å². The van der Waals surface area contributed by atoms with Gasteiger partial charge in [-0.2, -0.15) is 5.26 Å². The predicted octanol–water partition coefficient (Wildman–Crippen LogP) is 3.62. The fourth-order valence-corrected chi connectivity index (χ4v) is 2.27. The molecule has 0 saturated carbocycles. The summed E-state index contributed by atoms with van der Waals surface area (Å²) in [5, 5.41) is 14.9. The molecular formula is C18H15ClFN3O2. The molecule has 0 aliphatic rings. The SMILES string of the molecule is COc1ccc(NC(=O)/C(C#N)=C\NCc2cccc(F)c2)cc1Cl. The topological polar surface area (TPSA) is 74.1 Å². The first-order chi connectivity index (χ1) is 12.0. The van der Waals surface area contributed by atoms with Crippen LogP contribution in [0, 0.1) is 17.1 Å². The van der Waals surface area contributed by atoms with E-state index < -0.39 is 5.91 Å². The number of ether oxygens (including phenoxy) is 1. The highest BCUT2D eigenvalue weighted by atomic mass is 35.5. The van der Waals surface area contributed by atoms with Crippen molar-refractivity contribution >= 4 is 23.2 Å². The Bertz CT molecular complexity index is 846. The van der Waals surface area contributed by atoms with Crippen LogP contribution in [0.25, 0.3) is 0 Å². The van der Waals surface area contributed by atoms with Crippen molar-refractivity contribution in [3.63, 3.8) is 0 Å². The highest BCUT2D eigenvalue weighted by molar-refractivity contribution is 6.32. The normalized spacial score (nSPS) is 10.7. The molecule has 0 aliphatic carbocycles. The molecule has 0 aromatic heterocycles. The lowest BCUT2D eigenvalue weighted by Crippen LogP contribution is -2.16. The van der Waals surface area contributed by atoms with Crippen molar-refractivity contribution in [3.05, 3.63) is 70.6 Å². The summed E-state index contributed by atoms with van der Waals surface area (Å²) in [5.74, 6) is -0.458. The lowest BCUT2D eigenvalue weighted by molar-refractivity contribution is -0.112. The average molecular weight is 360 g/mol. The largest absolute Gasteiger partial charge is 0.495 e. The van der Waals surface area contributed by atoms with Crippen molar-refractivity contribution in [2.24, 2.45) is 0 Å². The summed E-state index contributed by atoms with van der Waals surface area (Å²) in [6.07, 6.45) is 1.28. The summed E-state index contributed by atoms with van der Waals surface area (Å²) in [4.78, 5) is 12.1. The fraction of sp³-hybridized carbons (Fsp3) is 0.111. The third-order valence-corrected chi connectivity index (χ3v) is 3.51. The van der Waals surface area contributed by atoms with Crippen LogP contribution in [-0.4, -0.2) is 13.0 Å². The van der Waals surface area contributed by atoms with Crippen LogP contribution in [-0.2, 0) is 11.3 Å². The number of methoxy groups -OCH3 is 1. The molecule has 2 rings (SSSR count). The summed E-state index contributed by atoms with van der Waals surface area (Å²) in [6, 6.07) is 12.6. The van der Waals surface area contributed by atoms with E-state index in [0.717, 1.165) is 0 Å². The van der Waals surface area contributed by atoms with Gasteiger partial charge < -0.3 is 15.4 Å². The van der Waals surface area contributed by atoms with E-state index in [1.165, 1.54) is 31.5 Å². The molecule has 5 nitrogen and oxygen atoms in total. The number of carbonyl (C=O) groups is 1. The minimum absolute atomic E-state index is 0.122. The molecule has 0 bridgehead atoms. The summed E-state index contributed by atoms with van der Waals surface area (Å²) in [6.45, 7) is 0.282. The van der Waals surface area contributed by atoms with E-state index in [0.29, 0.717) is 22.0 Å². The monoisotopic (exact) mass is 359 g/mol. The predicted molar refractivity (Wildman–Crippen MR) is 93.6 cm³/mol. The number of hydrogen-bond donors (Lipinski definition) is 2. The zero-order valence-corrected chi connectivity index (χ0v) is 14.1. The molecule has 0 radical (unpaired) electrons. The lowest BCUT2D eigenvalue weighted by Gasteiger charge is -2.08. The highest BCUT2D eigenvalue weighted by Crippen LogP contribution is 2.27. The van der Waals surface area contributed by atoms with Crippen molar-refractivity contribution in [1.82, 2.24) is 5.32 Å². The van der Waals surface area contributed by atoms with Crippen LogP contribution >= 0.6 is 11.6 Å². The van der Waals surface area contributed by atoms with Gasteiger partial charge in [0, 0.05) is 18.4 Å². The quantitative estimate of drug-likeness (QED) is 0.610. The third-order valence-electron chi connectivity index (χ3n) is 3.22. The Balaban J connectivity index is 2.00. The molecule has 0 aliphatic heterocycles. The molecule has 25 heavy (non-hydrogen) atoms. The van der Waals surface area contributed by atoms with Crippen molar-refractivity contribution in [2.75, 3.05) is 12.4 Å². The molecule has 0 fully saturated rings. The second-order valence-corrected chi connectivity index (χ2v) is 5.39. The Morgan fingerprint density at radius 3 is 2.80 bits per heavy atom. The molecule has 128 valence electrons. The number of anilines is 1. The molecule has 0 atom stereocenters. The van der Waals surface area contributed by atoms with Gasteiger partial charge in [-0.3, -0.25) is 4.79 Å². The van der Waals surface area contributed by atoms with Gasteiger partial charge in [0.25, 0.3) is 5.91 Å². The Morgan fingerprint density at radius 1 is 1.36 bits per heavy atom. The average Bonchev–Trinajstić information content (AvgIpc) is 2.59. The number of nitrogens with zero attached hydrogens (tertiary/aromatic N) is 1. The molecule has 0 saturated heterocycles.